The van der Waals surface area contributed by atoms with Crippen LogP contribution in [0, 0.1) is 6.92 Å². The fourth-order valence-electron chi connectivity index (χ4n) is 2.50. The quantitative estimate of drug-likeness (QED) is 0.890. The van der Waals surface area contributed by atoms with Crippen LogP contribution in [-0.4, -0.2) is 46.1 Å². The first-order valence-corrected chi connectivity index (χ1v) is 8.39. The molecular formula is C13H18N6O2S. The molecule has 9 heteroatoms. The molecule has 1 atom stereocenters. The Morgan fingerprint density at radius 1 is 1.36 bits per heavy atom. The summed E-state index contributed by atoms with van der Waals surface area (Å²) in [4.78, 5) is 8.83. The Labute approximate surface area is 129 Å². The van der Waals surface area contributed by atoms with E-state index in [0.29, 0.717) is 18.2 Å². The van der Waals surface area contributed by atoms with Crippen molar-refractivity contribution in [3.05, 3.63) is 30.0 Å². The molecule has 1 aliphatic heterocycles. The maximum Gasteiger partial charge on any atom is 0.246 e. The second-order valence-electron chi connectivity index (χ2n) is 5.25. The van der Waals surface area contributed by atoms with Gasteiger partial charge in [-0.15, -0.1) is 0 Å². The normalized spacial score (nSPS) is 19.0. The number of anilines is 1. The molecular weight excluding hydrogens is 304 g/mol. The topological polar surface area (TPSA) is 93.0 Å². The van der Waals surface area contributed by atoms with Gasteiger partial charge < -0.3 is 5.32 Å². The van der Waals surface area contributed by atoms with Crippen molar-refractivity contribution < 1.29 is 8.42 Å². The van der Waals surface area contributed by atoms with Crippen LogP contribution >= 0.6 is 0 Å². The number of nitrogens with zero attached hydrogens (tertiary/aromatic N) is 5. The molecule has 2 aromatic heterocycles. The van der Waals surface area contributed by atoms with Crippen LogP contribution in [0.2, 0.25) is 0 Å². The van der Waals surface area contributed by atoms with Gasteiger partial charge in [0.25, 0.3) is 0 Å². The molecule has 0 bridgehead atoms. The lowest BCUT2D eigenvalue weighted by molar-refractivity contribution is 0.197. The minimum atomic E-state index is -3.54. The minimum absolute atomic E-state index is 0.208. The molecule has 2 aromatic rings. The zero-order valence-corrected chi connectivity index (χ0v) is 13.5. The Balaban J connectivity index is 1.93. The second-order valence-corrected chi connectivity index (χ2v) is 7.14. The highest BCUT2D eigenvalue weighted by molar-refractivity contribution is 7.89. The van der Waals surface area contributed by atoms with Crippen molar-refractivity contribution in [2.45, 2.75) is 24.3 Å². The fraction of sp³-hybridized carbons (Fsp3) is 0.462. The first-order chi connectivity index (χ1) is 10.4. The smallest absolute Gasteiger partial charge is 0.246 e. The van der Waals surface area contributed by atoms with Gasteiger partial charge in [0.05, 0.1) is 17.9 Å². The molecule has 0 spiro atoms. The molecule has 1 N–H and O–H groups in total. The molecule has 1 aliphatic rings. The molecule has 0 radical (unpaired) electrons. The summed E-state index contributed by atoms with van der Waals surface area (Å²) in [5, 5.41) is 6.91. The van der Waals surface area contributed by atoms with E-state index < -0.39 is 10.0 Å². The van der Waals surface area contributed by atoms with Gasteiger partial charge in [-0.05, 0) is 13.3 Å². The van der Waals surface area contributed by atoms with Gasteiger partial charge in [0.1, 0.15) is 16.5 Å². The molecule has 1 fully saturated rings. The van der Waals surface area contributed by atoms with E-state index in [-0.39, 0.29) is 10.9 Å². The third-order valence-corrected chi connectivity index (χ3v) is 5.57. The van der Waals surface area contributed by atoms with Crippen LogP contribution in [0.4, 0.5) is 5.82 Å². The van der Waals surface area contributed by atoms with Gasteiger partial charge in [-0.3, -0.25) is 4.68 Å². The zero-order chi connectivity index (χ0) is 15.9. The van der Waals surface area contributed by atoms with E-state index in [9.17, 15) is 8.42 Å². The standard InChI is InChI=1S/C13H18N6O2S/c1-9-16-11(6-13(14-2)17-9)12-4-5-19(12)22(20,21)10-7-15-18(3)8-10/h6-8,12H,4-5H2,1-3H3,(H,14,16,17). The summed E-state index contributed by atoms with van der Waals surface area (Å²) < 4.78 is 28.3. The lowest BCUT2D eigenvalue weighted by Gasteiger charge is -2.38. The molecule has 1 unspecified atom stereocenters. The van der Waals surface area contributed by atoms with E-state index >= 15 is 0 Å². The number of hydrogen-bond donors (Lipinski definition) is 1. The van der Waals surface area contributed by atoms with Crippen LogP contribution in [0.15, 0.2) is 23.4 Å². The van der Waals surface area contributed by atoms with E-state index in [1.54, 1.807) is 27.1 Å². The average Bonchev–Trinajstić information content (AvgIpc) is 2.83. The lowest BCUT2D eigenvalue weighted by Crippen LogP contribution is -2.45. The lowest BCUT2D eigenvalue weighted by atomic mass is 10.0. The van der Waals surface area contributed by atoms with Crippen molar-refractivity contribution in [3.8, 4) is 0 Å². The first kappa shape index (κ1) is 14.9. The monoisotopic (exact) mass is 322 g/mol. The highest BCUT2D eigenvalue weighted by Gasteiger charge is 2.41. The maximum atomic E-state index is 12.7. The van der Waals surface area contributed by atoms with Gasteiger partial charge in [0.15, 0.2) is 0 Å². The second kappa shape index (κ2) is 5.33. The van der Waals surface area contributed by atoms with Gasteiger partial charge >= 0.3 is 0 Å². The van der Waals surface area contributed by atoms with Crippen molar-refractivity contribution in [1.82, 2.24) is 24.1 Å². The summed E-state index contributed by atoms with van der Waals surface area (Å²) in [7, 11) is -0.0737. The molecule has 3 heterocycles. The molecule has 0 saturated carbocycles. The largest absolute Gasteiger partial charge is 0.373 e. The summed E-state index contributed by atoms with van der Waals surface area (Å²) in [5.41, 5.74) is 0.718. The SMILES string of the molecule is CNc1cc(C2CCN2S(=O)(=O)c2cnn(C)c2)nc(C)n1. The maximum absolute atomic E-state index is 12.7. The summed E-state index contributed by atoms with van der Waals surface area (Å²) in [5.74, 6) is 1.31. The molecule has 3 rings (SSSR count). The van der Waals surface area contributed by atoms with Gasteiger partial charge in [0.2, 0.25) is 10.0 Å². The number of rotatable bonds is 4. The van der Waals surface area contributed by atoms with Crippen molar-refractivity contribution in [3.63, 3.8) is 0 Å². The zero-order valence-electron chi connectivity index (χ0n) is 12.7. The fourth-order valence-corrected chi connectivity index (χ4v) is 4.13. The van der Waals surface area contributed by atoms with E-state index in [4.69, 9.17) is 0 Å². The highest BCUT2D eigenvalue weighted by Crippen LogP contribution is 2.37. The number of aryl methyl sites for hydroxylation is 2. The van der Waals surface area contributed by atoms with Gasteiger partial charge in [-0.2, -0.15) is 9.40 Å². The minimum Gasteiger partial charge on any atom is -0.373 e. The van der Waals surface area contributed by atoms with Crippen molar-refractivity contribution in [1.29, 1.82) is 0 Å². The van der Waals surface area contributed by atoms with Crippen LogP contribution < -0.4 is 5.32 Å². The van der Waals surface area contributed by atoms with E-state index in [0.717, 1.165) is 12.1 Å². The molecule has 8 nitrogen and oxygen atoms in total. The van der Waals surface area contributed by atoms with E-state index in [1.807, 2.05) is 0 Å². The number of hydrogen-bond acceptors (Lipinski definition) is 6. The highest BCUT2D eigenvalue weighted by atomic mass is 32.2. The first-order valence-electron chi connectivity index (χ1n) is 6.95. The Kier molecular flexibility index (Phi) is 3.61. The molecule has 0 aromatic carbocycles. The number of aromatic nitrogens is 4. The average molecular weight is 322 g/mol. The van der Waals surface area contributed by atoms with Crippen molar-refractivity contribution in [2.75, 3.05) is 18.9 Å². The molecule has 0 amide bonds. The Morgan fingerprint density at radius 3 is 2.68 bits per heavy atom. The Morgan fingerprint density at radius 2 is 2.14 bits per heavy atom. The molecule has 1 saturated heterocycles. The third kappa shape index (κ3) is 2.46. The van der Waals surface area contributed by atoms with Gasteiger partial charge in [-0.1, -0.05) is 0 Å². The third-order valence-electron chi connectivity index (χ3n) is 3.71. The Bertz CT molecular complexity index is 801. The molecule has 118 valence electrons. The van der Waals surface area contributed by atoms with Crippen LogP contribution in [0.1, 0.15) is 24.0 Å². The summed E-state index contributed by atoms with van der Waals surface area (Å²) >= 11 is 0. The molecule has 0 aliphatic carbocycles. The predicted molar refractivity (Wildman–Crippen MR) is 80.8 cm³/mol. The van der Waals surface area contributed by atoms with Gasteiger partial charge in [-0.25, -0.2) is 18.4 Å². The van der Waals surface area contributed by atoms with Crippen LogP contribution in [0.3, 0.4) is 0 Å². The van der Waals surface area contributed by atoms with Crippen LogP contribution in [0.5, 0.6) is 0 Å². The molecule has 22 heavy (non-hydrogen) atoms. The number of sulfonamides is 1. The van der Waals surface area contributed by atoms with Gasteiger partial charge in [0, 0.05) is 32.9 Å². The van der Waals surface area contributed by atoms with Crippen molar-refractivity contribution in [2.24, 2.45) is 7.05 Å². The summed E-state index contributed by atoms with van der Waals surface area (Å²) in [6.45, 7) is 2.28. The van der Waals surface area contributed by atoms with E-state index in [2.05, 4.69) is 20.4 Å². The van der Waals surface area contributed by atoms with E-state index in [1.165, 1.54) is 21.4 Å². The summed E-state index contributed by atoms with van der Waals surface area (Å²) in [6.07, 6.45) is 3.63. The van der Waals surface area contributed by atoms with Crippen molar-refractivity contribution >= 4 is 15.8 Å². The number of nitrogens with one attached hydrogen (secondary N) is 1. The Hall–Kier alpha value is -2.00. The predicted octanol–water partition coefficient (Wildman–Crippen LogP) is 0.696. The summed E-state index contributed by atoms with van der Waals surface area (Å²) in [6, 6.07) is 1.54. The van der Waals surface area contributed by atoms with Crippen LogP contribution in [0.25, 0.3) is 0 Å². The van der Waals surface area contributed by atoms with Crippen LogP contribution in [-0.2, 0) is 17.1 Å².